The van der Waals surface area contributed by atoms with Crippen LogP contribution in [-0.4, -0.2) is 24.6 Å². The molecule has 0 aliphatic rings. The number of pyridine rings is 1. The summed E-state index contributed by atoms with van der Waals surface area (Å²) in [4.78, 5) is 4.08. The van der Waals surface area contributed by atoms with Gasteiger partial charge < -0.3 is 5.11 Å². The van der Waals surface area contributed by atoms with Crippen molar-refractivity contribution < 1.29 is 13.5 Å². The quantitative estimate of drug-likeness (QED) is 0.885. The van der Waals surface area contributed by atoms with E-state index >= 15 is 0 Å². The molecule has 0 atom stereocenters. The minimum atomic E-state index is -3.58. The van der Waals surface area contributed by atoms with Gasteiger partial charge in [0.25, 0.3) is 10.0 Å². The first-order chi connectivity index (χ1) is 8.38. The molecule has 0 aliphatic carbocycles. The van der Waals surface area contributed by atoms with Crippen molar-refractivity contribution in [2.75, 3.05) is 0 Å². The summed E-state index contributed by atoms with van der Waals surface area (Å²) in [6, 6.07) is 7.45. The van der Waals surface area contributed by atoms with Crippen molar-refractivity contribution in [3.8, 4) is 5.75 Å². The highest BCUT2D eigenvalue weighted by atomic mass is 32.2. The molecule has 0 spiro atoms. The van der Waals surface area contributed by atoms with E-state index in [2.05, 4.69) is 9.71 Å². The van der Waals surface area contributed by atoms with Crippen molar-refractivity contribution in [2.24, 2.45) is 0 Å². The van der Waals surface area contributed by atoms with Crippen LogP contribution in [0.1, 0.15) is 13.8 Å². The number of aromatic hydroxyl groups is 1. The second-order valence-corrected chi connectivity index (χ2v) is 5.96. The van der Waals surface area contributed by atoms with E-state index in [0.29, 0.717) is 10.9 Å². The first-order valence-electron chi connectivity index (χ1n) is 5.50. The molecule has 96 valence electrons. The summed E-state index contributed by atoms with van der Waals surface area (Å²) in [6.07, 6.45) is 0. The van der Waals surface area contributed by atoms with Gasteiger partial charge in [-0.1, -0.05) is 0 Å². The molecule has 2 aromatic rings. The van der Waals surface area contributed by atoms with E-state index in [0.717, 1.165) is 0 Å². The van der Waals surface area contributed by atoms with Crippen LogP contribution >= 0.6 is 0 Å². The summed E-state index contributed by atoms with van der Waals surface area (Å²) in [7, 11) is -3.58. The maximum atomic E-state index is 11.9. The molecule has 0 amide bonds. The zero-order valence-corrected chi connectivity index (χ0v) is 10.9. The third kappa shape index (κ3) is 2.60. The number of benzene rings is 1. The van der Waals surface area contributed by atoms with Gasteiger partial charge in [0.15, 0.2) is 5.03 Å². The molecule has 1 heterocycles. The molecule has 0 saturated carbocycles. The highest BCUT2D eigenvalue weighted by molar-refractivity contribution is 7.89. The number of hydrogen-bond acceptors (Lipinski definition) is 4. The Hall–Kier alpha value is -1.66. The number of hydrogen-bond donors (Lipinski definition) is 2. The summed E-state index contributed by atoms with van der Waals surface area (Å²) in [5, 5.41) is 9.99. The summed E-state index contributed by atoms with van der Waals surface area (Å²) in [5.41, 5.74) is 0.527. The third-order valence-electron chi connectivity index (χ3n) is 2.31. The van der Waals surface area contributed by atoms with Crippen LogP contribution in [0.25, 0.3) is 10.9 Å². The number of phenolic OH excluding ortho intramolecular Hbond substituents is 1. The highest BCUT2D eigenvalue weighted by Gasteiger charge is 2.17. The minimum absolute atomic E-state index is 0.0191. The molecule has 2 N–H and O–H groups in total. The van der Waals surface area contributed by atoms with Crippen LogP contribution < -0.4 is 4.72 Å². The fourth-order valence-electron chi connectivity index (χ4n) is 1.61. The van der Waals surface area contributed by atoms with Gasteiger partial charge in [0.05, 0.1) is 5.52 Å². The molecular weight excluding hydrogens is 252 g/mol. The van der Waals surface area contributed by atoms with Gasteiger partial charge in [-0.2, -0.15) is 0 Å². The summed E-state index contributed by atoms with van der Waals surface area (Å²) >= 11 is 0. The average Bonchev–Trinajstić information content (AvgIpc) is 2.26. The Kier molecular flexibility index (Phi) is 3.23. The predicted molar refractivity (Wildman–Crippen MR) is 68.9 cm³/mol. The molecule has 6 heteroatoms. The van der Waals surface area contributed by atoms with Crippen LogP contribution in [0.15, 0.2) is 35.4 Å². The summed E-state index contributed by atoms with van der Waals surface area (Å²) in [6.45, 7) is 3.49. The number of nitrogens with zero attached hydrogens (tertiary/aromatic N) is 1. The average molecular weight is 266 g/mol. The standard InChI is InChI=1S/C12H14N2O3S/c1-8(2)14-18(16,17)12-6-3-9-7-10(15)4-5-11(9)13-12/h3-8,14-15H,1-2H3. The fraction of sp³-hybridized carbons (Fsp3) is 0.250. The Morgan fingerprint density at radius 1 is 1.22 bits per heavy atom. The maximum Gasteiger partial charge on any atom is 0.258 e. The summed E-state index contributed by atoms with van der Waals surface area (Å²) < 4.78 is 26.3. The van der Waals surface area contributed by atoms with Gasteiger partial charge >= 0.3 is 0 Å². The lowest BCUT2D eigenvalue weighted by Crippen LogP contribution is -2.30. The van der Waals surface area contributed by atoms with E-state index < -0.39 is 10.0 Å². The Labute approximate surface area is 106 Å². The fourth-order valence-corrected chi connectivity index (χ4v) is 2.82. The van der Waals surface area contributed by atoms with Crippen LogP contribution in [0.5, 0.6) is 5.75 Å². The molecule has 5 nitrogen and oxygen atoms in total. The number of aromatic nitrogens is 1. The zero-order chi connectivity index (χ0) is 13.3. The molecule has 0 unspecified atom stereocenters. The second kappa shape index (κ2) is 4.55. The molecule has 2 rings (SSSR count). The Bertz CT molecular complexity index is 681. The van der Waals surface area contributed by atoms with E-state index in [9.17, 15) is 13.5 Å². The Balaban J connectivity index is 2.51. The topological polar surface area (TPSA) is 79.3 Å². The van der Waals surface area contributed by atoms with Crippen molar-refractivity contribution in [3.05, 3.63) is 30.3 Å². The SMILES string of the molecule is CC(C)NS(=O)(=O)c1ccc2cc(O)ccc2n1. The molecule has 0 saturated heterocycles. The van der Waals surface area contributed by atoms with E-state index in [1.165, 1.54) is 18.2 Å². The molecule has 0 bridgehead atoms. The Morgan fingerprint density at radius 2 is 1.94 bits per heavy atom. The lowest BCUT2D eigenvalue weighted by Gasteiger charge is -2.09. The molecule has 18 heavy (non-hydrogen) atoms. The van der Waals surface area contributed by atoms with Gasteiger partial charge in [0.2, 0.25) is 0 Å². The van der Waals surface area contributed by atoms with Gasteiger partial charge in [-0.25, -0.2) is 18.1 Å². The van der Waals surface area contributed by atoms with E-state index in [4.69, 9.17) is 0 Å². The maximum absolute atomic E-state index is 11.9. The number of fused-ring (bicyclic) bond motifs is 1. The smallest absolute Gasteiger partial charge is 0.258 e. The molecule has 1 aromatic heterocycles. The Morgan fingerprint density at radius 3 is 2.61 bits per heavy atom. The van der Waals surface area contributed by atoms with Gasteiger partial charge in [0.1, 0.15) is 5.75 Å². The van der Waals surface area contributed by atoms with Crippen molar-refractivity contribution in [1.82, 2.24) is 9.71 Å². The van der Waals surface area contributed by atoms with Crippen LogP contribution in [-0.2, 0) is 10.0 Å². The largest absolute Gasteiger partial charge is 0.508 e. The van der Waals surface area contributed by atoms with E-state index in [-0.39, 0.29) is 16.8 Å². The van der Waals surface area contributed by atoms with Crippen LogP contribution in [0.2, 0.25) is 0 Å². The van der Waals surface area contributed by atoms with Gasteiger partial charge in [-0.05, 0) is 44.2 Å². The predicted octanol–water partition coefficient (Wildman–Crippen LogP) is 1.63. The van der Waals surface area contributed by atoms with Crippen LogP contribution in [0.4, 0.5) is 0 Å². The first kappa shape index (κ1) is 12.8. The van der Waals surface area contributed by atoms with Crippen molar-refractivity contribution in [3.63, 3.8) is 0 Å². The molecular formula is C12H14N2O3S. The first-order valence-corrected chi connectivity index (χ1v) is 6.99. The molecule has 0 fully saturated rings. The second-order valence-electron chi connectivity index (χ2n) is 4.30. The van der Waals surface area contributed by atoms with Crippen molar-refractivity contribution >= 4 is 20.9 Å². The minimum Gasteiger partial charge on any atom is -0.508 e. The molecule has 0 radical (unpaired) electrons. The number of phenols is 1. The molecule has 1 aromatic carbocycles. The summed E-state index contributed by atoms with van der Waals surface area (Å²) in [5.74, 6) is 0.125. The normalized spacial score (nSPS) is 12.2. The number of nitrogens with one attached hydrogen (secondary N) is 1. The van der Waals surface area contributed by atoms with Crippen LogP contribution in [0.3, 0.4) is 0 Å². The number of sulfonamides is 1. The monoisotopic (exact) mass is 266 g/mol. The van der Waals surface area contributed by atoms with Crippen molar-refractivity contribution in [2.45, 2.75) is 24.9 Å². The van der Waals surface area contributed by atoms with E-state index in [1.54, 1.807) is 26.0 Å². The van der Waals surface area contributed by atoms with Gasteiger partial charge in [0, 0.05) is 11.4 Å². The van der Waals surface area contributed by atoms with Crippen molar-refractivity contribution in [1.29, 1.82) is 0 Å². The third-order valence-corrected chi connectivity index (χ3v) is 3.87. The zero-order valence-electron chi connectivity index (χ0n) is 10.1. The van der Waals surface area contributed by atoms with Crippen LogP contribution in [0, 0.1) is 0 Å². The lowest BCUT2D eigenvalue weighted by atomic mass is 10.2. The highest BCUT2D eigenvalue weighted by Crippen LogP contribution is 2.20. The van der Waals surface area contributed by atoms with Gasteiger partial charge in [-0.3, -0.25) is 0 Å². The molecule has 0 aliphatic heterocycles. The van der Waals surface area contributed by atoms with E-state index in [1.807, 2.05) is 0 Å². The number of rotatable bonds is 3. The lowest BCUT2D eigenvalue weighted by molar-refractivity contribution is 0.476. The van der Waals surface area contributed by atoms with Gasteiger partial charge in [-0.15, -0.1) is 0 Å².